The van der Waals surface area contributed by atoms with Crippen LogP contribution in [-0.2, 0) is 45.3 Å². The Kier molecular flexibility index (Phi) is 13.0. The summed E-state index contributed by atoms with van der Waals surface area (Å²) in [6.45, 7) is 16.0. The second kappa shape index (κ2) is 14.0. The molecule has 3 heterocycles. The number of hydrogen-bond acceptors (Lipinski definition) is 4. The summed E-state index contributed by atoms with van der Waals surface area (Å²) in [6.07, 6.45) is 12.5. The molecule has 10 nitrogen and oxygen atoms in total. The highest BCUT2D eigenvalue weighted by Crippen LogP contribution is 2.03. The van der Waals surface area contributed by atoms with Crippen molar-refractivity contribution < 1.29 is 32.9 Å². The van der Waals surface area contributed by atoms with Crippen molar-refractivity contribution >= 4 is 7.82 Å². The Hall–Kier alpha value is -2.26. The molecule has 0 bridgehead atoms. The van der Waals surface area contributed by atoms with E-state index in [-0.39, 0.29) is 0 Å². The molecule has 0 aromatic carbocycles. The molecular formula is C21H39N6O4P. The van der Waals surface area contributed by atoms with Gasteiger partial charge >= 0.3 is 0 Å². The summed E-state index contributed by atoms with van der Waals surface area (Å²) in [6, 6.07) is 0. The van der Waals surface area contributed by atoms with E-state index in [1.165, 1.54) is 17.5 Å². The molecule has 0 aliphatic heterocycles. The fourth-order valence-electron chi connectivity index (χ4n) is 2.80. The van der Waals surface area contributed by atoms with Crippen LogP contribution in [0.3, 0.4) is 0 Å². The molecule has 3 aromatic rings. The topological polar surface area (TPSA) is 113 Å². The van der Waals surface area contributed by atoms with Crippen LogP contribution < -0.4 is 28.4 Å². The molecule has 32 heavy (non-hydrogen) atoms. The Morgan fingerprint density at radius 1 is 0.656 bits per heavy atom. The van der Waals surface area contributed by atoms with Gasteiger partial charge in [0.1, 0.15) is 37.2 Å². The summed E-state index contributed by atoms with van der Waals surface area (Å²) < 4.78 is 21.5. The predicted molar refractivity (Wildman–Crippen MR) is 116 cm³/mol. The maximum atomic E-state index is 8.55. The van der Waals surface area contributed by atoms with Gasteiger partial charge < -0.3 is 19.2 Å². The molecule has 0 amide bonds. The standard InChI is InChI=1S/3C7H13N2.H3O4P/c3*1-4-9-6-5-8(3)7(9)2;1-5(2,3)4/h3*5-6H,4H2,1-3H3;(H3,1,2,3,4)/q3*+1;/p-3. The minimum absolute atomic E-state index is 1.06. The van der Waals surface area contributed by atoms with Crippen LogP contribution in [0.15, 0.2) is 37.2 Å². The first kappa shape index (κ1) is 29.7. The van der Waals surface area contributed by atoms with Crippen molar-refractivity contribution in [3.8, 4) is 0 Å². The fraction of sp³-hybridized carbons (Fsp3) is 0.571. The van der Waals surface area contributed by atoms with E-state index in [1.54, 1.807) is 0 Å². The largest absolute Gasteiger partial charge is 0.822 e. The normalized spacial score (nSPS) is 10.4. The van der Waals surface area contributed by atoms with Crippen molar-refractivity contribution in [1.82, 2.24) is 13.7 Å². The Balaban J connectivity index is 0.000000410. The number of hydrogen-bond donors (Lipinski definition) is 0. The lowest BCUT2D eigenvalue weighted by atomic mass is 10.6. The van der Waals surface area contributed by atoms with Crippen molar-refractivity contribution in [3.05, 3.63) is 54.7 Å². The van der Waals surface area contributed by atoms with Gasteiger partial charge in [0.05, 0.1) is 40.8 Å². The molecule has 0 N–H and O–H groups in total. The molecule has 0 fully saturated rings. The van der Waals surface area contributed by atoms with E-state index in [0.717, 1.165) is 19.6 Å². The van der Waals surface area contributed by atoms with Crippen LogP contribution in [-0.4, -0.2) is 13.7 Å². The van der Waals surface area contributed by atoms with Gasteiger partial charge in [-0.05, 0) is 20.8 Å². The third-order valence-corrected chi connectivity index (χ3v) is 5.21. The fourth-order valence-corrected chi connectivity index (χ4v) is 2.80. The molecule has 0 spiro atoms. The number of imidazole rings is 3. The van der Waals surface area contributed by atoms with E-state index in [0.29, 0.717) is 0 Å². The molecule has 3 aromatic heterocycles. The highest BCUT2D eigenvalue weighted by atomic mass is 31.2. The van der Waals surface area contributed by atoms with Gasteiger partial charge in [0.2, 0.25) is 0 Å². The average molecular weight is 471 g/mol. The van der Waals surface area contributed by atoms with E-state index in [9.17, 15) is 0 Å². The van der Waals surface area contributed by atoms with Crippen LogP contribution in [0.5, 0.6) is 0 Å². The van der Waals surface area contributed by atoms with Crippen molar-refractivity contribution in [2.75, 3.05) is 0 Å². The summed E-state index contributed by atoms with van der Waals surface area (Å²) in [5.41, 5.74) is 0. The van der Waals surface area contributed by atoms with E-state index in [4.69, 9.17) is 19.2 Å². The Bertz CT molecular complexity index is 869. The van der Waals surface area contributed by atoms with Crippen molar-refractivity contribution in [2.24, 2.45) is 21.1 Å². The van der Waals surface area contributed by atoms with E-state index >= 15 is 0 Å². The first-order valence-electron chi connectivity index (χ1n) is 10.5. The number of phosphoric acid groups is 1. The summed E-state index contributed by atoms with van der Waals surface area (Å²) in [7, 11) is 0.782. The van der Waals surface area contributed by atoms with Crippen molar-refractivity contribution in [3.63, 3.8) is 0 Å². The SMILES string of the molecule is CC[n+]1ccn(C)c1C.CC[n+]1ccn(C)c1C.CC[n+]1ccn(C)c1C.O=P([O-])([O-])[O-]. The summed E-state index contributed by atoms with van der Waals surface area (Å²) in [5.74, 6) is 3.91. The maximum Gasteiger partial charge on any atom is 0.252 e. The minimum atomic E-state index is -5.39. The maximum absolute atomic E-state index is 8.55. The lowest BCUT2D eigenvalue weighted by Gasteiger charge is -2.36. The van der Waals surface area contributed by atoms with Gasteiger partial charge in [-0.15, -0.1) is 0 Å². The lowest BCUT2D eigenvalue weighted by Crippen LogP contribution is -2.33. The highest BCUT2D eigenvalue weighted by molar-refractivity contribution is 7.40. The van der Waals surface area contributed by atoms with Crippen LogP contribution in [0.1, 0.15) is 38.2 Å². The Morgan fingerprint density at radius 2 is 0.844 bits per heavy atom. The van der Waals surface area contributed by atoms with Crippen LogP contribution in [0.25, 0.3) is 0 Å². The predicted octanol–water partition coefficient (Wildman–Crippen LogP) is -0.902. The monoisotopic (exact) mass is 470 g/mol. The molecule has 0 unspecified atom stereocenters. The zero-order valence-electron chi connectivity index (χ0n) is 20.8. The van der Waals surface area contributed by atoms with Gasteiger partial charge in [-0.2, -0.15) is 7.82 Å². The molecule has 0 saturated heterocycles. The smallest absolute Gasteiger partial charge is 0.252 e. The molecule has 0 radical (unpaired) electrons. The van der Waals surface area contributed by atoms with Crippen LogP contribution >= 0.6 is 7.82 Å². The lowest BCUT2D eigenvalue weighted by molar-refractivity contribution is -0.699. The number of aryl methyl sites for hydroxylation is 6. The van der Waals surface area contributed by atoms with E-state index in [2.05, 4.69) is 127 Å². The van der Waals surface area contributed by atoms with Gasteiger partial charge in [-0.1, -0.05) is 0 Å². The molecule has 0 atom stereocenters. The molecule has 0 aliphatic carbocycles. The minimum Gasteiger partial charge on any atom is -0.822 e. The number of rotatable bonds is 3. The summed E-state index contributed by atoms with van der Waals surface area (Å²) in [4.78, 5) is 25.6. The second-order valence-electron chi connectivity index (χ2n) is 7.17. The average Bonchev–Trinajstić information content (AvgIpc) is 3.34. The zero-order chi connectivity index (χ0) is 25.1. The molecule has 11 heteroatoms. The zero-order valence-corrected chi connectivity index (χ0v) is 21.7. The van der Waals surface area contributed by atoms with Crippen LogP contribution in [0, 0.1) is 20.8 Å². The molecular weight excluding hydrogens is 431 g/mol. The second-order valence-corrected chi connectivity index (χ2v) is 8.07. The Morgan fingerprint density at radius 3 is 0.906 bits per heavy atom. The third kappa shape index (κ3) is 10.9. The summed E-state index contributed by atoms with van der Waals surface area (Å²) in [5, 5.41) is 0. The van der Waals surface area contributed by atoms with Crippen molar-refractivity contribution in [1.29, 1.82) is 0 Å². The van der Waals surface area contributed by atoms with E-state index < -0.39 is 7.82 Å². The highest BCUT2D eigenvalue weighted by Gasteiger charge is 2.05. The number of aromatic nitrogens is 6. The first-order chi connectivity index (χ1) is 14.8. The van der Waals surface area contributed by atoms with Gasteiger partial charge in [-0.3, -0.25) is 0 Å². The number of nitrogens with zero attached hydrogens (tertiary/aromatic N) is 6. The van der Waals surface area contributed by atoms with Gasteiger partial charge in [0, 0.05) is 20.8 Å². The third-order valence-electron chi connectivity index (χ3n) is 5.21. The molecule has 182 valence electrons. The van der Waals surface area contributed by atoms with Gasteiger partial charge in [0.15, 0.2) is 0 Å². The van der Waals surface area contributed by atoms with Gasteiger partial charge in [0.25, 0.3) is 17.5 Å². The first-order valence-corrected chi connectivity index (χ1v) is 12.0. The molecule has 0 saturated carbocycles. The van der Waals surface area contributed by atoms with Crippen LogP contribution in [0.4, 0.5) is 0 Å². The van der Waals surface area contributed by atoms with Crippen LogP contribution in [0.2, 0.25) is 0 Å². The van der Waals surface area contributed by atoms with E-state index in [1.807, 2.05) is 0 Å². The summed E-state index contributed by atoms with van der Waals surface area (Å²) >= 11 is 0. The molecule has 3 rings (SSSR count). The quantitative estimate of drug-likeness (QED) is 0.365. The molecule has 0 aliphatic rings. The van der Waals surface area contributed by atoms with Crippen molar-refractivity contribution in [2.45, 2.75) is 61.2 Å². The Labute approximate surface area is 191 Å². The van der Waals surface area contributed by atoms with Gasteiger partial charge in [-0.25, -0.2) is 27.4 Å².